The Hall–Kier alpha value is 0.640. The SMILES string of the molecule is CSNCCCOCCCCC(=O)C(C)SS. The highest BCUT2D eigenvalue weighted by molar-refractivity contribution is 8.69. The maximum atomic E-state index is 11.5. The lowest BCUT2D eigenvalue weighted by molar-refractivity contribution is -0.118. The van der Waals surface area contributed by atoms with E-state index < -0.39 is 0 Å². The third kappa shape index (κ3) is 11.5. The minimum absolute atomic E-state index is 0.0110. The molecule has 1 unspecified atom stereocenters. The summed E-state index contributed by atoms with van der Waals surface area (Å²) in [6, 6.07) is 0. The Morgan fingerprint density at radius 1 is 1.35 bits per heavy atom. The van der Waals surface area contributed by atoms with Gasteiger partial charge in [0.1, 0.15) is 5.78 Å². The largest absolute Gasteiger partial charge is 0.381 e. The van der Waals surface area contributed by atoms with Crippen molar-refractivity contribution in [1.29, 1.82) is 0 Å². The molecule has 0 saturated heterocycles. The van der Waals surface area contributed by atoms with E-state index in [1.54, 1.807) is 11.9 Å². The summed E-state index contributed by atoms with van der Waals surface area (Å²) < 4.78 is 8.63. The fourth-order valence-corrected chi connectivity index (χ4v) is 2.15. The van der Waals surface area contributed by atoms with Crippen molar-refractivity contribution in [2.24, 2.45) is 0 Å². The van der Waals surface area contributed by atoms with Gasteiger partial charge < -0.3 is 4.74 Å². The molecule has 0 bridgehead atoms. The van der Waals surface area contributed by atoms with Crippen molar-refractivity contribution in [3.63, 3.8) is 0 Å². The van der Waals surface area contributed by atoms with Gasteiger partial charge in [0, 0.05) is 26.2 Å². The van der Waals surface area contributed by atoms with E-state index in [0.29, 0.717) is 6.42 Å². The standard InChI is InChI=1S/C11H23NO2S3/c1-10(17-15)11(13)6-3-4-8-14-9-5-7-12-16-2/h10,12,15H,3-9H2,1-2H3. The summed E-state index contributed by atoms with van der Waals surface area (Å²) in [5.41, 5.74) is 0. The number of ether oxygens (including phenoxy) is 1. The average Bonchev–Trinajstić information content (AvgIpc) is 2.35. The molecule has 0 spiro atoms. The van der Waals surface area contributed by atoms with E-state index in [1.165, 1.54) is 10.8 Å². The summed E-state index contributed by atoms with van der Waals surface area (Å²) in [6.07, 6.45) is 5.58. The van der Waals surface area contributed by atoms with Crippen molar-refractivity contribution in [3.8, 4) is 0 Å². The Labute approximate surface area is 118 Å². The fraction of sp³-hybridized carbons (Fsp3) is 0.909. The number of hydrogen-bond donors (Lipinski definition) is 2. The highest BCUT2D eigenvalue weighted by atomic mass is 33.1. The zero-order valence-electron chi connectivity index (χ0n) is 10.6. The van der Waals surface area contributed by atoms with Crippen LogP contribution in [0.25, 0.3) is 0 Å². The molecule has 0 aromatic heterocycles. The van der Waals surface area contributed by atoms with Crippen molar-refractivity contribution in [2.45, 2.75) is 37.9 Å². The van der Waals surface area contributed by atoms with Crippen LogP contribution in [0.5, 0.6) is 0 Å². The van der Waals surface area contributed by atoms with Crippen molar-refractivity contribution in [3.05, 3.63) is 0 Å². The number of Topliss-reactive ketones (excluding diaryl/α,β-unsaturated/α-hetero) is 1. The second-order valence-electron chi connectivity index (χ2n) is 3.74. The van der Waals surface area contributed by atoms with Crippen molar-refractivity contribution in [2.75, 3.05) is 26.0 Å². The molecule has 0 heterocycles. The number of unbranched alkanes of at least 4 members (excludes halogenated alkanes) is 1. The third-order valence-electron chi connectivity index (χ3n) is 2.29. The lowest BCUT2D eigenvalue weighted by Crippen LogP contribution is -2.12. The van der Waals surface area contributed by atoms with Crippen molar-refractivity contribution in [1.82, 2.24) is 4.72 Å². The topological polar surface area (TPSA) is 38.3 Å². The molecule has 0 saturated carbocycles. The van der Waals surface area contributed by atoms with E-state index in [-0.39, 0.29) is 11.0 Å². The summed E-state index contributed by atoms with van der Waals surface area (Å²) in [4.78, 5) is 11.5. The van der Waals surface area contributed by atoms with Crippen LogP contribution in [-0.4, -0.2) is 37.0 Å². The zero-order chi connectivity index (χ0) is 12.9. The molecule has 0 aliphatic heterocycles. The van der Waals surface area contributed by atoms with Gasteiger partial charge in [-0.05, 0) is 32.4 Å². The van der Waals surface area contributed by atoms with Gasteiger partial charge in [-0.15, -0.1) is 11.7 Å². The molecular formula is C11H23NO2S3. The fourth-order valence-electron chi connectivity index (χ4n) is 1.22. The molecule has 0 aromatic carbocycles. The first-order chi connectivity index (χ1) is 8.22. The minimum Gasteiger partial charge on any atom is -0.381 e. The Kier molecular flexibility index (Phi) is 13.6. The Morgan fingerprint density at radius 2 is 2.06 bits per heavy atom. The molecule has 3 nitrogen and oxygen atoms in total. The van der Waals surface area contributed by atoms with E-state index in [2.05, 4.69) is 16.4 Å². The Balaban J connectivity index is 3.16. The highest BCUT2D eigenvalue weighted by Gasteiger charge is 2.10. The monoisotopic (exact) mass is 297 g/mol. The molecule has 0 aromatic rings. The van der Waals surface area contributed by atoms with Gasteiger partial charge >= 0.3 is 0 Å². The van der Waals surface area contributed by atoms with E-state index in [9.17, 15) is 4.79 Å². The van der Waals surface area contributed by atoms with E-state index >= 15 is 0 Å². The number of rotatable bonds is 12. The smallest absolute Gasteiger partial charge is 0.146 e. The summed E-state index contributed by atoms with van der Waals surface area (Å²) >= 11 is 5.67. The van der Waals surface area contributed by atoms with Crippen molar-refractivity contribution < 1.29 is 9.53 Å². The van der Waals surface area contributed by atoms with Gasteiger partial charge in [0.05, 0.1) is 5.25 Å². The van der Waals surface area contributed by atoms with Gasteiger partial charge in [-0.3, -0.25) is 9.52 Å². The van der Waals surface area contributed by atoms with Crippen LogP contribution >= 0.6 is 34.4 Å². The van der Waals surface area contributed by atoms with Gasteiger partial charge in [-0.25, -0.2) is 0 Å². The van der Waals surface area contributed by atoms with Crippen LogP contribution in [-0.2, 0) is 9.53 Å². The predicted octanol–water partition coefficient (Wildman–Crippen LogP) is 2.97. The van der Waals surface area contributed by atoms with Crippen LogP contribution < -0.4 is 4.72 Å². The number of carbonyl (C=O) groups is 1. The van der Waals surface area contributed by atoms with Crippen LogP contribution in [0.1, 0.15) is 32.6 Å². The number of hydrogen-bond acceptors (Lipinski definition) is 6. The molecule has 17 heavy (non-hydrogen) atoms. The molecule has 1 N–H and O–H groups in total. The van der Waals surface area contributed by atoms with Crippen LogP contribution in [0.3, 0.4) is 0 Å². The molecule has 0 aliphatic rings. The minimum atomic E-state index is 0.0110. The van der Waals surface area contributed by atoms with Gasteiger partial charge in [-0.2, -0.15) is 0 Å². The maximum absolute atomic E-state index is 11.5. The molecule has 0 fully saturated rings. The van der Waals surface area contributed by atoms with E-state index in [0.717, 1.165) is 39.0 Å². The summed E-state index contributed by atoms with van der Waals surface area (Å²) in [6.45, 7) is 4.44. The normalized spacial score (nSPS) is 12.6. The number of carbonyl (C=O) groups excluding carboxylic acids is 1. The third-order valence-corrected chi connectivity index (χ3v) is 4.31. The van der Waals surface area contributed by atoms with Crippen LogP contribution in [0.15, 0.2) is 0 Å². The zero-order valence-corrected chi connectivity index (χ0v) is 13.1. The molecule has 1 atom stereocenters. The molecule has 102 valence electrons. The second kappa shape index (κ2) is 13.1. The first-order valence-electron chi connectivity index (χ1n) is 5.89. The van der Waals surface area contributed by atoms with Crippen LogP contribution in [0, 0.1) is 0 Å². The first-order valence-corrected chi connectivity index (χ1v) is 9.04. The van der Waals surface area contributed by atoms with Gasteiger partial charge in [-0.1, -0.05) is 22.7 Å². The quantitative estimate of drug-likeness (QED) is 0.251. The molecule has 0 amide bonds. The van der Waals surface area contributed by atoms with E-state index in [1.807, 2.05) is 13.2 Å². The maximum Gasteiger partial charge on any atom is 0.146 e. The second-order valence-corrected chi connectivity index (χ2v) is 5.98. The number of thiol groups is 1. The lowest BCUT2D eigenvalue weighted by Gasteiger charge is -2.06. The number of ketones is 1. The van der Waals surface area contributed by atoms with Gasteiger partial charge in [0.15, 0.2) is 0 Å². The Bertz CT molecular complexity index is 194. The lowest BCUT2D eigenvalue weighted by atomic mass is 10.1. The van der Waals surface area contributed by atoms with Crippen LogP contribution in [0.4, 0.5) is 0 Å². The molecule has 0 radical (unpaired) electrons. The predicted molar refractivity (Wildman–Crippen MR) is 81.9 cm³/mol. The number of nitrogens with one attached hydrogen (secondary N) is 1. The van der Waals surface area contributed by atoms with Gasteiger partial charge in [0.25, 0.3) is 0 Å². The summed E-state index contributed by atoms with van der Waals surface area (Å²) in [5.74, 6) is 0.286. The van der Waals surface area contributed by atoms with Crippen molar-refractivity contribution >= 4 is 40.2 Å². The van der Waals surface area contributed by atoms with Crippen LogP contribution in [0.2, 0.25) is 0 Å². The summed E-state index contributed by atoms with van der Waals surface area (Å²) in [5, 5.41) is 0.0110. The van der Waals surface area contributed by atoms with E-state index in [4.69, 9.17) is 4.74 Å². The molecule has 6 heteroatoms. The molecule has 0 aliphatic carbocycles. The molecular weight excluding hydrogens is 274 g/mol. The highest BCUT2D eigenvalue weighted by Crippen LogP contribution is 2.17. The Morgan fingerprint density at radius 3 is 2.71 bits per heavy atom. The van der Waals surface area contributed by atoms with Gasteiger partial charge in [0.2, 0.25) is 0 Å². The average molecular weight is 298 g/mol. The summed E-state index contributed by atoms with van der Waals surface area (Å²) in [7, 11) is 1.32. The molecule has 0 rings (SSSR count). The first kappa shape index (κ1) is 17.6.